The summed E-state index contributed by atoms with van der Waals surface area (Å²) in [6.07, 6.45) is -0.577. The summed E-state index contributed by atoms with van der Waals surface area (Å²) in [4.78, 5) is 31.4. The topological polar surface area (TPSA) is 136 Å². The van der Waals surface area contributed by atoms with Crippen molar-refractivity contribution in [3.63, 3.8) is 0 Å². The van der Waals surface area contributed by atoms with Crippen LogP contribution in [0.2, 0.25) is 0 Å². The van der Waals surface area contributed by atoms with Gasteiger partial charge in [-0.15, -0.1) is 0 Å². The maximum Gasteiger partial charge on any atom is 0.307 e. The Labute approximate surface area is 116 Å². The average molecular weight is 303 g/mol. The zero-order chi connectivity index (χ0) is 16.2. The Morgan fingerprint density at radius 1 is 1.38 bits per heavy atom. The molecule has 1 rings (SSSR count). The van der Waals surface area contributed by atoms with Crippen LogP contribution in [-0.4, -0.2) is 27.9 Å². The third-order valence-electron chi connectivity index (χ3n) is 2.50. The molecule has 0 saturated heterocycles. The van der Waals surface area contributed by atoms with E-state index in [1.54, 1.807) is 0 Å². The summed E-state index contributed by atoms with van der Waals surface area (Å²) in [5, 5.41) is 20.9. The summed E-state index contributed by atoms with van der Waals surface area (Å²) >= 11 is 0. The number of anilines is 1. The molecule has 0 aromatic heterocycles. The normalized spacial score (nSPS) is 11.8. The maximum atomic E-state index is 13.4. The van der Waals surface area contributed by atoms with E-state index in [1.807, 2.05) is 5.32 Å². The number of nitrogens with one attached hydrogen (secondary N) is 1. The fourth-order valence-corrected chi connectivity index (χ4v) is 1.41. The molecule has 0 heterocycles. The van der Waals surface area contributed by atoms with Gasteiger partial charge in [0.1, 0.15) is 5.82 Å². The minimum absolute atomic E-state index is 0.202. The molecular weight excluding hydrogens is 292 g/mol. The van der Waals surface area contributed by atoms with Crippen molar-refractivity contribution in [3.05, 3.63) is 33.9 Å². The SMILES string of the molecule is NC(CCC(=O)O)C(=O)Nc1cc([N+](=O)[O-])c(F)cc1F. The fourth-order valence-electron chi connectivity index (χ4n) is 1.41. The molecule has 0 aliphatic heterocycles. The van der Waals surface area contributed by atoms with E-state index >= 15 is 0 Å². The number of nitro groups is 1. The lowest BCUT2D eigenvalue weighted by molar-refractivity contribution is -0.387. The van der Waals surface area contributed by atoms with Crippen molar-refractivity contribution in [3.8, 4) is 0 Å². The van der Waals surface area contributed by atoms with Crippen molar-refractivity contribution < 1.29 is 28.4 Å². The minimum atomic E-state index is -1.38. The molecule has 1 aromatic carbocycles. The molecule has 0 bridgehead atoms. The van der Waals surface area contributed by atoms with E-state index in [0.717, 1.165) is 0 Å². The zero-order valence-corrected chi connectivity index (χ0v) is 10.5. The summed E-state index contributed by atoms with van der Waals surface area (Å²) in [7, 11) is 0. The number of carboxylic acids is 1. The van der Waals surface area contributed by atoms with E-state index in [9.17, 15) is 28.5 Å². The van der Waals surface area contributed by atoms with Gasteiger partial charge in [0.15, 0.2) is 0 Å². The van der Waals surface area contributed by atoms with Crippen LogP contribution in [0.1, 0.15) is 12.8 Å². The number of halogens is 2. The average Bonchev–Trinajstić information content (AvgIpc) is 2.38. The first kappa shape index (κ1) is 16.4. The molecule has 1 unspecified atom stereocenters. The third-order valence-corrected chi connectivity index (χ3v) is 2.50. The van der Waals surface area contributed by atoms with Crippen LogP contribution in [0.4, 0.5) is 20.2 Å². The van der Waals surface area contributed by atoms with E-state index in [-0.39, 0.29) is 18.9 Å². The molecule has 114 valence electrons. The van der Waals surface area contributed by atoms with Gasteiger partial charge in [-0.25, -0.2) is 4.39 Å². The highest BCUT2D eigenvalue weighted by atomic mass is 19.1. The Balaban J connectivity index is 2.87. The van der Waals surface area contributed by atoms with Crippen molar-refractivity contribution in [1.82, 2.24) is 0 Å². The molecule has 0 radical (unpaired) electrons. The van der Waals surface area contributed by atoms with Crippen LogP contribution in [0.25, 0.3) is 0 Å². The molecule has 0 fully saturated rings. The van der Waals surface area contributed by atoms with Gasteiger partial charge in [0.2, 0.25) is 11.7 Å². The lowest BCUT2D eigenvalue weighted by Gasteiger charge is -2.11. The van der Waals surface area contributed by atoms with Gasteiger partial charge in [0.25, 0.3) is 0 Å². The van der Waals surface area contributed by atoms with E-state index < -0.39 is 45.9 Å². The standard InChI is InChI=1S/C11H11F2N3O5/c12-5-3-6(13)9(16(20)21)4-8(5)15-11(19)7(14)1-2-10(17)18/h3-4,7H,1-2,14H2,(H,15,19)(H,17,18). The summed E-state index contributed by atoms with van der Waals surface area (Å²) in [6, 6.07) is -0.465. The largest absolute Gasteiger partial charge is 0.481 e. The van der Waals surface area contributed by atoms with Crippen LogP contribution >= 0.6 is 0 Å². The molecule has 1 amide bonds. The van der Waals surface area contributed by atoms with Crippen LogP contribution in [0, 0.1) is 21.7 Å². The van der Waals surface area contributed by atoms with Crippen molar-refractivity contribution in [2.75, 3.05) is 5.32 Å². The first-order valence-electron chi connectivity index (χ1n) is 5.64. The van der Waals surface area contributed by atoms with Crippen molar-refractivity contribution in [1.29, 1.82) is 0 Å². The molecule has 1 atom stereocenters. The van der Waals surface area contributed by atoms with E-state index in [2.05, 4.69) is 0 Å². The number of nitro benzene ring substituents is 1. The number of rotatable bonds is 6. The smallest absolute Gasteiger partial charge is 0.307 e. The van der Waals surface area contributed by atoms with E-state index in [1.165, 1.54) is 0 Å². The highest BCUT2D eigenvalue weighted by molar-refractivity contribution is 5.95. The lowest BCUT2D eigenvalue weighted by atomic mass is 10.1. The Morgan fingerprint density at radius 3 is 2.52 bits per heavy atom. The molecule has 0 aliphatic rings. The Morgan fingerprint density at radius 2 is 2.00 bits per heavy atom. The number of carbonyl (C=O) groups excluding carboxylic acids is 1. The van der Waals surface area contributed by atoms with Gasteiger partial charge in [-0.3, -0.25) is 19.7 Å². The number of benzene rings is 1. The van der Waals surface area contributed by atoms with Gasteiger partial charge in [-0.1, -0.05) is 0 Å². The van der Waals surface area contributed by atoms with E-state index in [0.29, 0.717) is 6.07 Å². The molecule has 4 N–H and O–H groups in total. The molecule has 1 aromatic rings. The van der Waals surface area contributed by atoms with Crippen molar-refractivity contribution in [2.24, 2.45) is 5.73 Å². The molecule has 8 nitrogen and oxygen atoms in total. The number of amides is 1. The summed E-state index contributed by atoms with van der Waals surface area (Å²) in [6.45, 7) is 0. The maximum absolute atomic E-state index is 13.4. The van der Waals surface area contributed by atoms with Gasteiger partial charge < -0.3 is 16.2 Å². The second kappa shape index (κ2) is 6.70. The van der Waals surface area contributed by atoms with Crippen LogP contribution in [0.3, 0.4) is 0 Å². The minimum Gasteiger partial charge on any atom is -0.481 e. The van der Waals surface area contributed by atoms with E-state index in [4.69, 9.17) is 10.8 Å². The number of carboxylic acid groups (broad SMARTS) is 1. The molecule has 0 saturated carbocycles. The molecule has 0 spiro atoms. The van der Waals surface area contributed by atoms with Gasteiger partial charge in [0, 0.05) is 18.6 Å². The van der Waals surface area contributed by atoms with Crippen molar-refractivity contribution in [2.45, 2.75) is 18.9 Å². The van der Waals surface area contributed by atoms with Gasteiger partial charge in [-0.2, -0.15) is 4.39 Å². The first-order chi connectivity index (χ1) is 9.72. The van der Waals surface area contributed by atoms with Crippen LogP contribution < -0.4 is 11.1 Å². The fraction of sp³-hybridized carbons (Fsp3) is 0.273. The molecule has 21 heavy (non-hydrogen) atoms. The van der Waals surface area contributed by atoms with Crippen LogP contribution in [0.15, 0.2) is 12.1 Å². The Bertz CT molecular complexity index is 593. The molecule has 0 aliphatic carbocycles. The summed E-state index contributed by atoms with van der Waals surface area (Å²) in [5.74, 6) is -4.69. The summed E-state index contributed by atoms with van der Waals surface area (Å²) in [5.41, 5.74) is 3.76. The Hall–Kier alpha value is -2.62. The lowest BCUT2D eigenvalue weighted by Crippen LogP contribution is -2.36. The van der Waals surface area contributed by atoms with Crippen molar-refractivity contribution >= 4 is 23.3 Å². The van der Waals surface area contributed by atoms with Gasteiger partial charge in [-0.05, 0) is 6.42 Å². The second-order valence-corrected chi connectivity index (χ2v) is 4.07. The predicted octanol–water partition coefficient (Wildman–Crippen LogP) is 1.00. The quantitative estimate of drug-likeness (QED) is 0.530. The number of carbonyl (C=O) groups is 2. The zero-order valence-electron chi connectivity index (χ0n) is 10.5. The Kier molecular flexibility index (Phi) is 5.24. The highest BCUT2D eigenvalue weighted by Crippen LogP contribution is 2.25. The number of hydrogen-bond donors (Lipinski definition) is 3. The second-order valence-electron chi connectivity index (χ2n) is 4.07. The monoisotopic (exact) mass is 303 g/mol. The van der Waals surface area contributed by atoms with Crippen LogP contribution in [0.5, 0.6) is 0 Å². The summed E-state index contributed by atoms with van der Waals surface area (Å²) < 4.78 is 26.5. The number of nitrogens with two attached hydrogens (primary N) is 1. The predicted molar refractivity (Wildman–Crippen MR) is 66.5 cm³/mol. The molecule has 10 heteroatoms. The number of nitrogens with zero attached hydrogens (tertiary/aromatic N) is 1. The number of hydrogen-bond acceptors (Lipinski definition) is 5. The van der Waals surface area contributed by atoms with Gasteiger partial charge in [0.05, 0.1) is 16.7 Å². The van der Waals surface area contributed by atoms with Gasteiger partial charge >= 0.3 is 11.7 Å². The highest BCUT2D eigenvalue weighted by Gasteiger charge is 2.21. The van der Waals surface area contributed by atoms with Crippen LogP contribution in [-0.2, 0) is 9.59 Å². The molecular formula is C11H11F2N3O5. The third kappa shape index (κ3) is 4.45. The number of aliphatic carboxylic acids is 1. The first-order valence-corrected chi connectivity index (χ1v) is 5.64.